The number of hydrogen-bond donors (Lipinski definition) is 3. The predicted molar refractivity (Wildman–Crippen MR) is 72.8 cm³/mol. The second-order valence-corrected chi connectivity index (χ2v) is 4.70. The maximum absolute atomic E-state index is 13.8. The van der Waals surface area contributed by atoms with Crippen LogP contribution in [0.4, 0.5) is 10.2 Å². The fourth-order valence-corrected chi connectivity index (χ4v) is 2.06. The Bertz CT molecular complexity index is 583. The molecule has 1 atom stereocenters. The number of halogens is 2. The van der Waals surface area contributed by atoms with Gasteiger partial charge in [-0.15, -0.1) is 0 Å². The monoisotopic (exact) mass is 283 g/mol. The first-order chi connectivity index (χ1) is 9.02. The average molecular weight is 284 g/mol. The number of nitrogens with one attached hydrogen (secondary N) is 1. The van der Waals surface area contributed by atoms with Gasteiger partial charge in [0, 0.05) is 17.6 Å². The number of hydrazine groups is 1. The Morgan fingerprint density at radius 1 is 1.53 bits per heavy atom. The van der Waals surface area contributed by atoms with Crippen LogP contribution >= 0.6 is 11.6 Å². The molecule has 19 heavy (non-hydrogen) atoms. The molecule has 0 spiro atoms. The minimum absolute atomic E-state index is 0.315. The van der Waals surface area contributed by atoms with Crippen LogP contribution in [0.15, 0.2) is 24.4 Å². The Kier molecular flexibility index (Phi) is 4.04. The van der Waals surface area contributed by atoms with Crippen LogP contribution < -0.4 is 17.0 Å². The third-order valence-corrected chi connectivity index (χ3v) is 3.27. The number of nitrogens with zero attached hydrogens (tertiary/aromatic N) is 2. The highest BCUT2D eigenvalue weighted by Gasteiger charge is 2.18. The molecule has 0 bridgehead atoms. The fraction of sp³-hybridized carbons (Fsp3) is 0.250. The molecule has 0 fully saturated rings. The molecule has 5 nitrogen and oxygen atoms in total. The van der Waals surface area contributed by atoms with E-state index in [4.69, 9.17) is 23.2 Å². The fourth-order valence-electron chi connectivity index (χ4n) is 1.90. The van der Waals surface area contributed by atoms with Gasteiger partial charge >= 0.3 is 0 Å². The molecule has 1 aromatic heterocycles. The zero-order valence-electron chi connectivity index (χ0n) is 10.4. The first-order valence-corrected chi connectivity index (χ1v) is 6.08. The van der Waals surface area contributed by atoms with E-state index in [9.17, 15) is 4.39 Å². The minimum Gasteiger partial charge on any atom is -0.384 e. The predicted octanol–water partition coefficient (Wildman–Crippen LogP) is 1.54. The molecule has 5 N–H and O–H groups in total. The molecule has 1 unspecified atom stereocenters. The summed E-state index contributed by atoms with van der Waals surface area (Å²) in [6, 6.07) is 4.23. The zero-order chi connectivity index (χ0) is 14.0. The van der Waals surface area contributed by atoms with E-state index in [1.807, 2.05) is 0 Å². The van der Waals surface area contributed by atoms with Crippen LogP contribution in [0.1, 0.15) is 17.2 Å². The molecular formula is C12H15ClFN5. The van der Waals surface area contributed by atoms with Crippen LogP contribution in [0, 0.1) is 5.82 Å². The van der Waals surface area contributed by atoms with E-state index < -0.39 is 0 Å². The summed E-state index contributed by atoms with van der Waals surface area (Å²) in [4.78, 5) is 0. The van der Waals surface area contributed by atoms with E-state index in [2.05, 4.69) is 10.5 Å². The molecule has 2 rings (SSSR count). The topological polar surface area (TPSA) is 81.9 Å². The van der Waals surface area contributed by atoms with E-state index >= 15 is 0 Å². The molecule has 0 amide bonds. The van der Waals surface area contributed by atoms with Crippen molar-refractivity contribution in [1.29, 1.82) is 0 Å². The largest absolute Gasteiger partial charge is 0.384 e. The summed E-state index contributed by atoms with van der Waals surface area (Å²) in [7, 11) is 1.73. The maximum atomic E-state index is 13.8. The zero-order valence-corrected chi connectivity index (χ0v) is 11.2. The molecule has 1 heterocycles. The summed E-state index contributed by atoms with van der Waals surface area (Å²) >= 11 is 5.72. The summed E-state index contributed by atoms with van der Waals surface area (Å²) < 4.78 is 15.3. The van der Waals surface area contributed by atoms with Crippen LogP contribution in [0.2, 0.25) is 5.02 Å². The van der Waals surface area contributed by atoms with Gasteiger partial charge < -0.3 is 5.73 Å². The minimum atomic E-state index is -0.366. The Labute approximate surface area is 115 Å². The number of aromatic nitrogens is 2. The van der Waals surface area contributed by atoms with Crippen molar-refractivity contribution in [2.24, 2.45) is 12.9 Å². The maximum Gasteiger partial charge on any atom is 0.127 e. The Balaban J connectivity index is 2.26. The van der Waals surface area contributed by atoms with Crippen LogP contribution in [-0.2, 0) is 13.5 Å². The number of benzene rings is 1. The van der Waals surface area contributed by atoms with Gasteiger partial charge in [-0.2, -0.15) is 5.10 Å². The second-order valence-electron chi connectivity index (χ2n) is 4.27. The summed E-state index contributed by atoms with van der Waals surface area (Å²) in [6.07, 6.45) is 1.98. The lowest BCUT2D eigenvalue weighted by Crippen LogP contribution is -2.30. The smallest absolute Gasteiger partial charge is 0.127 e. The van der Waals surface area contributed by atoms with Crippen molar-refractivity contribution in [2.75, 3.05) is 5.73 Å². The van der Waals surface area contributed by atoms with Crippen LogP contribution in [0.5, 0.6) is 0 Å². The van der Waals surface area contributed by atoms with Gasteiger partial charge in [-0.25, -0.2) is 4.39 Å². The van der Waals surface area contributed by atoms with Gasteiger partial charge in [-0.05, 0) is 24.1 Å². The van der Waals surface area contributed by atoms with E-state index in [0.717, 1.165) is 5.56 Å². The summed E-state index contributed by atoms with van der Waals surface area (Å²) in [5, 5.41) is 4.40. The molecule has 0 radical (unpaired) electrons. The Morgan fingerprint density at radius 3 is 2.79 bits per heavy atom. The molecule has 1 aromatic carbocycles. The molecule has 0 aliphatic heterocycles. The highest BCUT2D eigenvalue weighted by molar-refractivity contribution is 6.30. The van der Waals surface area contributed by atoms with Gasteiger partial charge in [0.15, 0.2) is 0 Å². The standard InChI is InChI=1S/C12H15ClFN5/c1-19-12(15)9(6-17-19)11(18-16)4-7-2-3-8(13)5-10(7)14/h2-3,5-6,11,18H,4,15-16H2,1H3. The number of aryl methyl sites for hydroxylation is 1. The van der Waals surface area contributed by atoms with Crippen molar-refractivity contribution in [3.05, 3.63) is 46.4 Å². The average Bonchev–Trinajstić information content (AvgIpc) is 2.70. The first kappa shape index (κ1) is 13.8. The lowest BCUT2D eigenvalue weighted by molar-refractivity contribution is 0.530. The van der Waals surface area contributed by atoms with Crippen molar-refractivity contribution in [1.82, 2.24) is 15.2 Å². The number of rotatable bonds is 4. The number of anilines is 1. The van der Waals surface area contributed by atoms with Gasteiger partial charge in [0.25, 0.3) is 0 Å². The van der Waals surface area contributed by atoms with Gasteiger partial charge in [-0.3, -0.25) is 16.0 Å². The Morgan fingerprint density at radius 2 is 2.26 bits per heavy atom. The third-order valence-electron chi connectivity index (χ3n) is 3.03. The first-order valence-electron chi connectivity index (χ1n) is 5.70. The normalized spacial score (nSPS) is 12.6. The number of nitrogens with two attached hydrogens (primary N) is 2. The summed E-state index contributed by atoms with van der Waals surface area (Å²) in [6.45, 7) is 0. The van der Waals surface area contributed by atoms with Crippen LogP contribution in [-0.4, -0.2) is 9.78 Å². The Hall–Kier alpha value is -1.63. The second kappa shape index (κ2) is 5.56. The van der Waals surface area contributed by atoms with E-state index in [-0.39, 0.29) is 11.9 Å². The molecule has 2 aromatic rings. The van der Waals surface area contributed by atoms with Gasteiger partial charge in [0.1, 0.15) is 11.6 Å². The van der Waals surface area contributed by atoms with Gasteiger partial charge in [0.2, 0.25) is 0 Å². The van der Waals surface area contributed by atoms with Crippen molar-refractivity contribution >= 4 is 17.4 Å². The van der Waals surface area contributed by atoms with Crippen LogP contribution in [0.3, 0.4) is 0 Å². The molecule has 0 saturated heterocycles. The lowest BCUT2D eigenvalue weighted by Gasteiger charge is -2.16. The molecular weight excluding hydrogens is 269 g/mol. The highest BCUT2D eigenvalue weighted by atomic mass is 35.5. The highest BCUT2D eigenvalue weighted by Crippen LogP contribution is 2.24. The van der Waals surface area contributed by atoms with Crippen molar-refractivity contribution in [3.8, 4) is 0 Å². The summed E-state index contributed by atoms with van der Waals surface area (Å²) in [5.41, 5.74) is 9.76. The van der Waals surface area contributed by atoms with E-state index in [1.54, 1.807) is 25.4 Å². The van der Waals surface area contributed by atoms with Gasteiger partial charge in [-0.1, -0.05) is 17.7 Å². The quantitative estimate of drug-likeness (QED) is 0.587. The third kappa shape index (κ3) is 2.86. The number of hydrogen-bond acceptors (Lipinski definition) is 4. The molecule has 0 saturated carbocycles. The molecule has 102 valence electrons. The number of nitrogen functional groups attached to an aromatic ring is 1. The van der Waals surface area contributed by atoms with Crippen LogP contribution in [0.25, 0.3) is 0 Å². The van der Waals surface area contributed by atoms with Gasteiger partial charge in [0.05, 0.1) is 12.2 Å². The van der Waals surface area contributed by atoms with E-state index in [1.165, 1.54) is 10.7 Å². The van der Waals surface area contributed by atoms with E-state index in [0.29, 0.717) is 22.8 Å². The van der Waals surface area contributed by atoms with Crippen molar-refractivity contribution in [3.63, 3.8) is 0 Å². The summed E-state index contributed by atoms with van der Waals surface area (Å²) in [5.74, 6) is 5.65. The molecule has 7 heteroatoms. The van der Waals surface area contributed by atoms with Crippen molar-refractivity contribution < 1.29 is 4.39 Å². The SMILES string of the molecule is Cn1ncc(C(Cc2ccc(Cl)cc2F)NN)c1N. The molecule has 0 aliphatic rings. The lowest BCUT2D eigenvalue weighted by atomic mass is 10.0. The molecule has 0 aliphatic carbocycles. The van der Waals surface area contributed by atoms with Crippen molar-refractivity contribution in [2.45, 2.75) is 12.5 Å².